The molecule has 4 nitrogen and oxygen atoms in total. The molecule has 0 fully saturated rings. The van der Waals surface area contributed by atoms with Gasteiger partial charge in [-0.3, -0.25) is 5.32 Å². The van der Waals surface area contributed by atoms with E-state index in [1.807, 2.05) is 12.1 Å². The Morgan fingerprint density at radius 1 is 1.15 bits per heavy atom. The molecule has 4 heteroatoms. The van der Waals surface area contributed by atoms with Gasteiger partial charge in [0.05, 0.1) is 7.11 Å². The fraction of sp³-hybridized carbons (Fsp3) is 0.188. The smallest absolute Gasteiger partial charge is 0.411 e. The van der Waals surface area contributed by atoms with Crippen LogP contribution in [0.1, 0.15) is 11.1 Å². The van der Waals surface area contributed by atoms with Gasteiger partial charge in [0.15, 0.2) is 0 Å². The quantitative estimate of drug-likeness (QED) is 0.921. The molecule has 0 radical (unpaired) electrons. The van der Waals surface area contributed by atoms with Gasteiger partial charge < -0.3 is 9.47 Å². The molecule has 0 atom stereocenters. The van der Waals surface area contributed by atoms with Gasteiger partial charge in [-0.05, 0) is 36.8 Å². The molecular formula is C16H17NO3. The van der Waals surface area contributed by atoms with Gasteiger partial charge in [0.2, 0.25) is 0 Å². The van der Waals surface area contributed by atoms with E-state index in [1.165, 1.54) is 12.7 Å². The third-order valence-corrected chi connectivity index (χ3v) is 2.77. The number of methoxy groups -OCH3 is 1. The lowest BCUT2D eigenvalue weighted by Gasteiger charge is -2.08. The van der Waals surface area contributed by atoms with E-state index in [-0.39, 0.29) is 0 Å². The van der Waals surface area contributed by atoms with Crippen LogP contribution in [0.3, 0.4) is 0 Å². The number of hydrogen-bond acceptors (Lipinski definition) is 3. The fourth-order valence-corrected chi connectivity index (χ4v) is 1.77. The Kier molecular flexibility index (Phi) is 4.60. The minimum absolute atomic E-state index is 0.488. The molecule has 0 heterocycles. The van der Waals surface area contributed by atoms with Crippen LogP contribution in [0.2, 0.25) is 0 Å². The molecule has 0 aliphatic heterocycles. The van der Waals surface area contributed by atoms with Crippen LogP contribution in [0, 0.1) is 6.92 Å². The molecule has 0 saturated heterocycles. The van der Waals surface area contributed by atoms with Gasteiger partial charge in [0.1, 0.15) is 12.4 Å². The van der Waals surface area contributed by atoms with Crippen molar-refractivity contribution in [1.29, 1.82) is 0 Å². The zero-order valence-electron chi connectivity index (χ0n) is 11.6. The second-order valence-corrected chi connectivity index (χ2v) is 4.42. The summed E-state index contributed by atoms with van der Waals surface area (Å²) in [4.78, 5) is 11.0. The van der Waals surface area contributed by atoms with Crippen LogP contribution in [-0.4, -0.2) is 13.2 Å². The molecule has 1 N–H and O–H groups in total. The number of rotatable bonds is 4. The summed E-state index contributed by atoms with van der Waals surface area (Å²) < 4.78 is 10.2. The standard InChI is InChI=1S/C16H17NO3/c1-12-4-3-5-13(10-12)11-20-15-8-6-14(7-9-15)17-16(18)19-2/h3-10H,11H2,1-2H3,(H,17,18). The van der Waals surface area contributed by atoms with Crippen molar-refractivity contribution in [2.75, 3.05) is 12.4 Å². The lowest BCUT2D eigenvalue weighted by Crippen LogP contribution is -2.10. The van der Waals surface area contributed by atoms with Crippen LogP contribution in [0.4, 0.5) is 10.5 Å². The molecule has 0 aliphatic carbocycles. The van der Waals surface area contributed by atoms with Gasteiger partial charge in [-0.25, -0.2) is 4.79 Å². The van der Waals surface area contributed by atoms with Gasteiger partial charge >= 0.3 is 6.09 Å². The molecule has 0 spiro atoms. The maximum absolute atomic E-state index is 11.0. The van der Waals surface area contributed by atoms with Gasteiger partial charge in [-0.15, -0.1) is 0 Å². The minimum atomic E-state index is -0.488. The van der Waals surface area contributed by atoms with Crippen molar-refractivity contribution in [3.8, 4) is 5.75 Å². The van der Waals surface area contributed by atoms with Crippen molar-refractivity contribution in [3.63, 3.8) is 0 Å². The summed E-state index contributed by atoms with van der Waals surface area (Å²) in [5, 5.41) is 2.58. The van der Waals surface area contributed by atoms with Gasteiger partial charge in [0, 0.05) is 5.69 Å². The number of benzene rings is 2. The van der Waals surface area contributed by atoms with E-state index < -0.39 is 6.09 Å². The molecule has 0 saturated carbocycles. The van der Waals surface area contributed by atoms with Gasteiger partial charge in [-0.1, -0.05) is 29.8 Å². The second-order valence-electron chi connectivity index (χ2n) is 4.42. The van der Waals surface area contributed by atoms with Crippen LogP contribution < -0.4 is 10.1 Å². The van der Waals surface area contributed by atoms with Crippen LogP contribution in [0.15, 0.2) is 48.5 Å². The normalized spacial score (nSPS) is 9.90. The average molecular weight is 271 g/mol. The van der Waals surface area contributed by atoms with E-state index in [4.69, 9.17) is 4.74 Å². The third-order valence-electron chi connectivity index (χ3n) is 2.77. The summed E-state index contributed by atoms with van der Waals surface area (Å²) in [5.74, 6) is 0.752. The predicted octanol–water partition coefficient (Wildman–Crippen LogP) is 3.75. The molecule has 1 amide bonds. The highest BCUT2D eigenvalue weighted by Crippen LogP contribution is 2.17. The number of ether oxygens (including phenoxy) is 2. The molecule has 2 rings (SSSR count). The molecular weight excluding hydrogens is 254 g/mol. The molecule has 0 bridgehead atoms. The number of amides is 1. The maximum Gasteiger partial charge on any atom is 0.411 e. The zero-order valence-corrected chi connectivity index (χ0v) is 11.6. The predicted molar refractivity (Wildman–Crippen MR) is 78.0 cm³/mol. The summed E-state index contributed by atoms with van der Waals surface area (Å²) in [6, 6.07) is 15.3. The maximum atomic E-state index is 11.0. The summed E-state index contributed by atoms with van der Waals surface area (Å²) >= 11 is 0. The van der Waals surface area contributed by atoms with E-state index in [9.17, 15) is 4.79 Å². The Bertz CT molecular complexity index is 579. The fourth-order valence-electron chi connectivity index (χ4n) is 1.77. The number of anilines is 1. The first-order chi connectivity index (χ1) is 9.67. The summed E-state index contributed by atoms with van der Waals surface area (Å²) in [7, 11) is 1.33. The van der Waals surface area contributed by atoms with Gasteiger partial charge in [0.25, 0.3) is 0 Å². The monoisotopic (exact) mass is 271 g/mol. The van der Waals surface area contributed by atoms with E-state index >= 15 is 0 Å². The average Bonchev–Trinajstić information content (AvgIpc) is 2.46. The Morgan fingerprint density at radius 3 is 2.55 bits per heavy atom. The highest BCUT2D eigenvalue weighted by Gasteiger charge is 2.01. The van der Waals surface area contributed by atoms with Crippen molar-refractivity contribution in [3.05, 3.63) is 59.7 Å². The Morgan fingerprint density at radius 2 is 1.90 bits per heavy atom. The first-order valence-corrected chi connectivity index (χ1v) is 6.31. The topological polar surface area (TPSA) is 47.6 Å². The SMILES string of the molecule is COC(=O)Nc1ccc(OCc2cccc(C)c2)cc1. The first-order valence-electron chi connectivity index (χ1n) is 6.31. The highest BCUT2D eigenvalue weighted by molar-refractivity contribution is 5.84. The number of carbonyl (C=O) groups excluding carboxylic acids is 1. The van der Waals surface area contributed by atoms with E-state index in [0.717, 1.165) is 11.3 Å². The Labute approximate surface area is 118 Å². The van der Waals surface area contributed by atoms with Crippen molar-refractivity contribution >= 4 is 11.8 Å². The molecule has 20 heavy (non-hydrogen) atoms. The summed E-state index contributed by atoms with van der Waals surface area (Å²) in [6.07, 6.45) is -0.488. The zero-order chi connectivity index (χ0) is 14.4. The number of nitrogens with one attached hydrogen (secondary N) is 1. The number of aryl methyl sites for hydroxylation is 1. The molecule has 2 aromatic carbocycles. The van der Waals surface area contributed by atoms with Crippen LogP contribution in [0.5, 0.6) is 5.75 Å². The lowest BCUT2D eigenvalue weighted by molar-refractivity contribution is 0.187. The number of carbonyl (C=O) groups is 1. The van der Waals surface area contributed by atoms with Crippen molar-refractivity contribution in [2.24, 2.45) is 0 Å². The van der Waals surface area contributed by atoms with Crippen molar-refractivity contribution in [1.82, 2.24) is 0 Å². The number of hydrogen-bond donors (Lipinski definition) is 1. The van der Waals surface area contributed by atoms with Crippen molar-refractivity contribution < 1.29 is 14.3 Å². The van der Waals surface area contributed by atoms with E-state index in [0.29, 0.717) is 12.3 Å². The first kappa shape index (κ1) is 13.9. The van der Waals surface area contributed by atoms with E-state index in [2.05, 4.69) is 29.1 Å². The summed E-state index contributed by atoms with van der Waals surface area (Å²) in [5.41, 5.74) is 3.00. The van der Waals surface area contributed by atoms with E-state index in [1.54, 1.807) is 24.3 Å². The van der Waals surface area contributed by atoms with Crippen LogP contribution in [0.25, 0.3) is 0 Å². The second kappa shape index (κ2) is 6.61. The Hall–Kier alpha value is -2.49. The molecule has 2 aromatic rings. The van der Waals surface area contributed by atoms with Crippen molar-refractivity contribution in [2.45, 2.75) is 13.5 Å². The van der Waals surface area contributed by atoms with Gasteiger partial charge in [-0.2, -0.15) is 0 Å². The molecule has 0 aliphatic rings. The lowest BCUT2D eigenvalue weighted by atomic mass is 10.1. The summed E-state index contributed by atoms with van der Waals surface area (Å²) in [6.45, 7) is 2.57. The Balaban J connectivity index is 1.92. The minimum Gasteiger partial charge on any atom is -0.489 e. The highest BCUT2D eigenvalue weighted by atomic mass is 16.5. The molecule has 0 unspecified atom stereocenters. The molecule has 0 aromatic heterocycles. The third kappa shape index (κ3) is 4.02. The largest absolute Gasteiger partial charge is 0.489 e. The van der Waals surface area contributed by atoms with Crippen LogP contribution in [-0.2, 0) is 11.3 Å². The molecule has 104 valence electrons. The van der Waals surface area contributed by atoms with Crippen LogP contribution >= 0.6 is 0 Å².